The van der Waals surface area contributed by atoms with E-state index in [2.05, 4.69) is 5.32 Å². The number of aryl methyl sites for hydroxylation is 1. The number of benzene rings is 4. The maximum absolute atomic E-state index is 13.7. The number of carbonyl (C=O) groups is 1. The molecule has 1 N–H and O–H groups in total. The average Bonchev–Trinajstić information content (AvgIpc) is 2.92. The summed E-state index contributed by atoms with van der Waals surface area (Å²) in [6.45, 7) is 3.92. The van der Waals surface area contributed by atoms with Gasteiger partial charge >= 0.3 is 0 Å². The van der Waals surface area contributed by atoms with Crippen molar-refractivity contribution in [2.45, 2.75) is 24.8 Å². The van der Waals surface area contributed by atoms with E-state index in [9.17, 15) is 13.2 Å². The standard InChI is InChI=1S/C30H29ClN2O4S/c1-3-37-27-17-15-26(16-18-27)33(38(35,36)28-19-13-25(31)14-20-28)21-29(34)32-30(23-7-5-4-6-8-23)24-11-9-22(2)10-12-24/h4-20,30H,3,21H2,1-2H3,(H,32,34)/t30-/m0/s1. The van der Waals surface area contributed by atoms with Crippen LogP contribution < -0.4 is 14.4 Å². The fourth-order valence-electron chi connectivity index (χ4n) is 4.02. The van der Waals surface area contributed by atoms with E-state index in [-0.39, 0.29) is 4.90 Å². The Bertz CT molecular complexity index is 1460. The normalized spacial score (nSPS) is 12.0. The minimum Gasteiger partial charge on any atom is -0.494 e. The minimum absolute atomic E-state index is 0.0294. The number of amides is 1. The number of hydrogen-bond donors (Lipinski definition) is 1. The molecule has 38 heavy (non-hydrogen) atoms. The number of sulfonamides is 1. The molecule has 0 heterocycles. The summed E-state index contributed by atoms with van der Waals surface area (Å²) in [5.41, 5.74) is 3.22. The molecule has 0 unspecified atom stereocenters. The summed E-state index contributed by atoms with van der Waals surface area (Å²) in [5, 5.41) is 3.46. The second-order valence-electron chi connectivity index (χ2n) is 8.71. The van der Waals surface area contributed by atoms with Crippen LogP contribution in [0, 0.1) is 6.92 Å². The molecule has 0 fully saturated rings. The molecule has 4 aromatic carbocycles. The Balaban J connectivity index is 1.67. The smallest absolute Gasteiger partial charge is 0.264 e. The van der Waals surface area contributed by atoms with Crippen LogP contribution in [0.25, 0.3) is 0 Å². The van der Waals surface area contributed by atoms with E-state index in [0.29, 0.717) is 23.1 Å². The highest BCUT2D eigenvalue weighted by Crippen LogP contribution is 2.28. The minimum atomic E-state index is -4.09. The van der Waals surface area contributed by atoms with Crippen molar-refractivity contribution >= 4 is 33.2 Å². The number of anilines is 1. The van der Waals surface area contributed by atoms with Gasteiger partial charge in [-0.05, 0) is 73.5 Å². The first-order valence-electron chi connectivity index (χ1n) is 12.2. The topological polar surface area (TPSA) is 75.7 Å². The predicted molar refractivity (Wildman–Crippen MR) is 151 cm³/mol. The molecule has 0 aliphatic rings. The van der Waals surface area contributed by atoms with Crippen LogP contribution in [0.5, 0.6) is 5.75 Å². The summed E-state index contributed by atoms with van der Waals surface area (Å²) in [6.07, 6.45) is 0. The van der Waals surface area contributed by atoms with Crippen LogP contribution in [0.1, 0.15) is 29.7 Å². The van der Waals surface area contributed by atoms with Gasteiger partial charge in [-0.15, -0.1) is 0 Å². The van der Waals surface area contributed by atoms with Gasteiger partial charge in [0.1, 0.15) is 12.3 Å². The SMILES string of the molecule is CCOc1ccc(N(CC(=O)N[C@@H](c2ccccc2)c2ccc(C)cc2)S(=O)(=O)c2ccc(Cl)cc2)cc1. The lowest BCUT2D eigenvalue weighted by Gasteiger charge is -2.26. The number of nitrogens with zero attached hydrogens (tertiary/aromatic N) is 1. The van der Waals surface area contributed by atoms with Crippen LogP contribution in [0.4, 0.5) is 5.69 Å². The lowest BCUT2D eigenvalue weighted by Crippen LogP contribution is -2.42. The van der Waals surface area contributed by atoms with Crippen molar-refractivity contribution in [2.75, 3.05) is 17.5 Å². The second-order valence-corrected chi connectivity index (χ2v) is 11.0. The molecule has 0 aliphatic heterocycles. The largest absolute Gasteiger partial charge is 0.494 e. The fraction of sp³-hybridized carbons (Fsp3) is 0.167. The molecular formula is C30H29ClN2O4S. The molecule has 1 amide bonds. The molecule has 0 bridgehead atoms. The van der Waals surface area contributed by atoms with E-state index in [1.165, 1.54) is 24.3 Å². The Hall–Kier alpha value is -3.81. The summed E-state index contributed by atoms with van der Waals surface area (Å²) < 4.78 is 34.0. The van der Waals surface area contributed by atoms with Gasteiger partial charge in [0.05, 0.1) is 23.2 Å². The van der Waals surface area contributed by atoms with Gasteiger partial charge < -0.3 is 10.1 Å². The van der Waals surface area contributed by atoms with Crippen molar-refractivity contribution in [3.8, 4) is 5.75 Å². The van der Waals surface area contributed by atoms with Gasteiger partial charge in [-0.2, -0.15) is 0 Å². The molecule has 0 radical (unpaired) electrons. The highest BCUT2D eigenvalue weighted by atomic mass is 35.5. The average molecular weight is 549 g/mol. The highest BCUT2D eigenvalue weighted by molar-refractivity contribution is 7.92. The van der Waals surface area contributed by atoms with Gasteiger partial charge in [-0.1, -0.05) is 71.8 Å². The molecule has 8 heteroatoms. The number of halogens is 1. The molecular weight excluding hydrogens is 520 g/mol. The zero-order valence-corrected chi connectivity index (χ0v) is 22.7. The number of carbonyl (C=O) groups excluding carboxylic acids is 1. The predicted octanol–water partition coefficient (Wildman–Crippen LogP) is 6.15. The van der Waals surface area contributed by atoms with Crippen molar-refractivity contribution in [2.24, 2.45) is 0 Å². The number of rotatable bonds is 10. The molecule has 6 nitrogen and oxygen atoms in total. The van der Waals surface area contributed by atoms with Gasteiger partial charge in [0.2, 0.25) is 5.91 Å². The molecule has 0 spiro atoms. The molecule has 196 valence electrons. The van der Waals surface area contributed by atoms with E-state index in [1.807, 2.05) is 68.4 Å². The highest BCUT2D eigenvalue weighted by Gasteiger charge is 2.28. The summed E-state index contributed by atoms with van der Waals surface area (Å²) >= 11 is 5.99. The third-order valence-electron chi connectivity index (χ3n) is 5.97. The van der Waals surface area contributed by atoms with Crippen LogP contribution in [0.3, 0.4) is 0 Å². The van der Waals surface area contributed by atoms with Gasteiger partial charge in [0.25, 0.3) is 10.0 Å². The summed E-state index contributed by atoms with van der Waals surface area (Å²) in [5.74, 6) is 0.152. The fourth-order valence-corrected chi connectivity index (χ4v) is 5.57. The summed E-state index contributed by atoms with van der Waals surface area (Å²) in [6, 6.07) is 29.5. The Morgan fingerprint density at radius 3 is 2.08 bits per heavy atom. The number of hydrogen-bond acceptors (Lipinski definition) is 4. The Morgan fingerprint density at radius 2 is 1.47 bits per heavy atom. The Morgan fingerprint density at radius 1 is 0.868 bits per heavy atom. The zero-order valence-electron chi connectivity index (χ0n) is 21.2. The maximum atomic E-state index is 13.7. The van der Waals surface area contributed by atoms with Gasteiger partial charge in [-0.25, -0.2) is 8.42 Å². The molecule has 0 aliphatic carbocycles. The third-order valence-corrected chi connectivity index (χ3v) is 8.01. The molecule has 4 rings (SSSR count). The summed E-state index contributed by atoms with van der Waals surface area (Å²) in [7, 11) is -4.09. The van der Waals surface area contributed by atoms with E-state index < -0.39 is 28.5 Å². The van der Waals surface area contributed by atoms with E-state index in [4.69, 9.17) is 16.3 Å². The van der Waals surface area contributed by atoms with Crippen molar-refractivity contribution in [3.63, 3.8) is 0 Å². The third kappa shape index (κ3) is 6.54. The van der Waals surface area contributed by atoms with Crippen molar-refractivity contribution < 1.29 is 17.9 Å². The maximum Gasteiger partial charge on any atom is 0.264 e. The zero-order chi connectivity index (χ0) is 27.1. The van der Waals surface area contributed by atoms with Gasteiger partial charge in [0.15, 0.2) is 0 Å². The first-order chi connectivity index (χ1) is 18.3. The monoisotopic (exact) mass is 548 g/mol. The lowest BCUT2D eigenvalue weighted by molar-refractivity contribution is -0.120. The lowest BCUT2D eigenvalue weighted by atomic mass is 9.98. The second kappa shape index (κ2) is 12.2. The van der Waals surface area contributed by atoms with E-state index >= 15 is 0 Å². The first-order valence-corrected chi connectivity index (χ1v) is 14.0. The quantitative estimate of drug-likeness (QED) is 0.258. The Kier molecular flexibility index (Phi) is 8.71. The van der Waals surface area contributed by atoms with Gasteiger partial charge in [0, 0.05) is 5.02 Å². The van der Waals surface area contributed by atoms with Crippen LogP contribution in [-0.2, 0) is 14.8 Å². The number of nitrogens with one attached hydrogen (secondary N) is 1. The van der Waals surface area contributed by atoms with Crippen molar-refractivity contribution in [1.29, 1.82) is 0 Å². The van der Waals surface area contributed by atoms with Crippen molar-refractivity contribution in [1.82, 2.24) is 5.32 Å². The summed E-state index contributed by atoms with van der Waals surface area (Å²) in [4.78, 5) is 13.5. The van der Waals surface area contributed by atoms with Crippen LogP contribution in [0.2, 0.25) is 5.02 Å². The van der Waals surface area contributed by atoms with Gasteiger partial charge in [-0.3, -0.25) is 9.10 Å². The molecule has 0 saturated carbocycles. The first kappa shape index (κ1) is 27.2. The van der Waals surface area contributed by atoms with Crippen LogP contribution in [-0.4, -0.2) is 27.5 Å². The Labute approximate surface area is 228 Å². The van der Waals surface area contributed by atoms with Crippen LogP contribution >= 0.6 is 11.6 Å². The molecule has 0 aromatic heterocycles. The van der Waals surface area contributed by atoms with E-state index in [1.54, 1.807) is 24.3 Å². The number of ether oxygens (including phenoxy) is 1. The molecule has 1 atom stereocenters. The molecule has 4 aromatic rings. The molecule has 0 saturated heterocycles. The van der Waals surface area contributed by atoms with Crippen molar-refractivity contribution in [3.05, 3.63) is 125 Å². The van der Waals surface area contributed by atoms with E-state index in [0.717, 1.165) is 21.0 Å². The van der Waals surface area contributed by atoms with Crippen LogP contribution in [0.15, 0.2) is 108 Å².